The molecule has 1 saturated heterocycles. The van der Waals surface area contributed by atoms with E-state index in [-0.39, 0.29) is 22.8 Å². The number of benzene rings is 2. The highest BCUT2D eigenvalue weighted by molar-refractivity contribution is 7.89. The third kappa shape index (κ3) is 5.41. The molecule has 0 radical (unpaired) electrons. The summed E-state index contributed by atoms with van der Waals surface area (Å²) in [6.45, 7) is 1.70. The first kappa shape index (κ1) is 24.4. The molecule has 33 heavy (non-hydrogen) atoms. The minimum Gasteiger partial charge on any atom is -0.496 e. The van der Waals surface area contributed by atoms with Crippen LogP contribution < -0.4 is 9.64 Å². The topological polar surface area (TPSA) is 129 Å². The highest BCUT2D eigenvalue weighted by Gasteiger charge is 2.25. The second-order valence-corrected chi connectivity index (χ2v) is 9.55. The van der Waals surface area contributed by atoms with Gasteiger partial charge in [-0.25, -0.2) is 17.5 Å². The number of hydrogen-bond donors (Lipinski definition) is 0. The van der Waals surface area contributed by atoms with Crippen molar-refractivity contribution in [1.82, 2.24) is 4.31 Å². The smallest absolute Gasteiger partial charge is 0.340 e. The van der Waals surface area contributed by atoms with Gasteiger partial charge in [0.2, 0.25) is 10.0 Å². The van der Waals surface area contributed by atoms with Crippen LogP contribution in [0.2, 0.25) is 0 Å². The standard InChI is InChI=1S/C21H25N3O8S/c1-22(2)33(28,29)17-5-6-19(23-8-10-31-11-9-23)18(13-17)21(25)32-14-15-12-16(24(26)27)4-7-20(15)30-3/h4-7,12-13H,8-11,14H2,1-3H3. The van der Waals surface area contributed by atoms with Gasteiger partial charge in [-0.15, -0.1) is 0 Å². The monoisotopic (exact) mass is 479 g/mol. The van der Waals surface area contributed by atoms with Gasteiger partial charge in [-0.05, 0) is 24.3 Å². The SMILES string of the molecule is COc1ccc([N+](=O)[O-])cc1COC(=O)c1cc(S(=O)(=O)N(C)C)ccc1N1CCOCC1. The average Bonchev–Trinajstić information content (AvgIpc) is 2.82. The van der Waals surface area contributed by atoms with Crippen molar-refractivity contribution in [2.45, 2.75) is 11.5 Å². The van der Waals surface area contributed by atoms with Gasteiger partial charge in [-0.3, -0.25) is 10.1 Å². The average molecular weight is 480 g/mol. The first-order valence-corrected chi connectivity index (χ1v) is 11.5. The molecule has 12 heteroatoms. The number of carbonyl (C=O) groups is 1. The molecule has 178 valence electrons. The second kappa shape index (κ2) is 10.1. The Morgan fingerprint density at radius 3 is 2.48 bits per heavy atom. The molecular weight excluding hydrogens is 454 g/mol. The van der Waals surface area contributed by atoms with Gasteiger partial charge in [0.15, 0.2) is 0 Å². The van der Waals surface area contributed by atoms with Crippen molar-refractivity contribution in [3.8, 4) is 5.75 Å². The maximum Gasteiger partial charge on any atom is 0.340 e. The van der Waals surface area contributed by atoms with Crippen molar-refractivity contribution >= 4 is 27.4 Å². The third-order valence-corrected chi connectivity index (χ3v) is 6.96. The number of nitro groups is 1. The number of ether oxygens (including phenoxy) is 3. The molecule has 0 amide bonds. The van der Waals surface area contributed by atoms with Crippen molar-refractivity contribution in [2.75, 3.05) is 52.4 Å². The van der Waals surface area contributed by atoms with Crippen LogP contribution in [0.25, 0.3) is 0 Å². The van der Waals surface area contributed by atoms with E-state index in [0.29, 0.717) is 43.3 Å². The maximum absolute atomic E-state index is 13.1. The van der Waals surface area contributed by atoms with Crippen molar-refractivity contribution in [3.63, 3.8) is 0 Å². The molecule has 1 aliphatic heterocycles. The number of nitrogens with zero attached hydrogens (tertiary/aromatic N) is 3. The summed E-state index contributed by atoms with van der Waals surface area (Å²) in [6.07, 6.45) is 0. The summed E-state index contributed by atoms with van der Waals surface area (Å²) in [4.78, 5) is 25.5. The van der Waals surface area contributed by atoms with E-state index in [1.807, 2.05) is 4.90 Å². The van der Waals surface area contributed by atoms with Gasteiger partial charge in [0.1, 0.15) is 12.4 Å². The number of anilines is 1. The number of rotatable bonds is 8. The van der Waals surface area contributed by atoms with Crippen LogP contribution in [0, 0.1) is 10.1 Å². The molecule has 2 aromatic carbocycles. The molecule has 1 aliphatic rings. The number of morpholine rings is 1. The maximum atomic E-state index is 13.1. The van der Waals surface area contributed by atoms with Gasteiger partial charge in [0.25, 0.3) is 5.69 Å². The lowest BCUT2D eigenvalue weighted by Gasteiger charge is -2.30. The highest BCUT2D eigenvalue weighted by Crippen LogP contribution is 2.29. The highest BCUT2D eigenvalue weighted by atomic mass is 32.2. The number of hydrogen-bond acceptors (Lipinski definition) is 9. The first-order valence-electron chi connectivity index (χ1n) is 10.0. The molecule has 0 unspecified atom stereocenters. The van der Waals surface area contributed by atoms with E-state index >= 15 is 0 Å². The fourth-order valence-electron chi connectivity index (χ4n) is 3.34. The van der Waals surface area contributed by atoms with Crippen LogP contribution >= 0.6 is 0 Å². The van der Waals surface area contributed by atoms with E-state index in [0.717, 1.165) is 4.31 Å². The summed E-state index contributed by atoms with van der Waals surface area (Å²) in [5.74, 6) is -0.438. The summed E-state index contributed by atoms with van der Waals surface area (Å²) < 4.78 is 42.3. The number of non-ortho nitro benzene ring substituents is 1. The summed E-state index contributed by atoms with van der Waals surface area (Å²) in [5.41, 5.74) is 0.733. The molecule has 1 heterocycles. The van der Waals surface area contributed by atoms with Crippen LogP contribution in [-0.4, -0.2) is 71.1 Å². The van der Waals surface area contributed by atoms with Gasteiger partial charge >= 0.3 is 5.97 Å². The Hall–Kier alpha value is -3.22. The van der Waals surface area contributed by atoms with Crippen molar-refractivity contribution < 1.29 is 32.3 Å². The Balaban J connectivity index is 1.95. The Labute approximate surface area is 191 Å². The fourth-order valence-corrected chi connectivity index (χ4v) is 4.27. The van der Waals surface area contributed by atoms with Crippen molar-refractivity contribution in [1.29, 1.82) is 0 Å². The molecule has 0 saturated carbocycles. The Bertz CT molecular complexity index is 1140. The van der Waals surface area contributed by atoms with Crippen molar-refractivity contribution in [3.05, 3.63) is 57.6 Å². The second-order valence-electron chi connectivity index (χ2n) is 7.40. The fraction of sp³-hybridized carbons (Fsp3) is 0.381. The largest absolute Gasteiger partial charge is 0.496 e. The zero-order valence-corrected chi connectivity index (χ0v) is 19.3. The molecule has 3 rings (SSSR count). The number of methoxy groups -OCH3 is 1. The molecule has 0 spiro atoms. The van der Waals surface area contributed by atoms with Crippen LogP contribution in [-0.2, 0) is 26.1 Å². The summed E-state index contributed by atoms with van der Waals surface area (Å²) in [6, 6.07) is 8.28. The Morgan fingerprint density at radius 1 is 1.18 bits per heavy atom. The van der Waals surface area contributed by atoms with Crippen LogP contribution in [0.15, 0.2) is 41.3 Å². The molecule has 0 bridgehead atoms. The van der Waals surface area contributed by atoms with E-state index in [4.69, 9.17) is 14.2 Å². The van der Waals surface area contributed by atoms with E-state index in [1.165, 1.54) is 51.5 Å². The molecule has 0 N–H and O–H groups in total. The molecule has 2 aromatic rings. The molecule has 1 fully saturated rings. The van der Waals surface area contributed by atoms with Gasteiger partial charge < -0.3 is 19.1 Å². The zero-order chi connectivity index (χ0) is 24.2. The lowest BCUT2D eigenvalue weighted by atomic mass is 10.1. The first-order chi connectivity index (χ1) is 15.6. The van der Waals surface area contributed by atoms with Gasteiger partial charge in [0.05, 0.1) is 41.4 Å². The minimum absolute atomic E-state index is 0.0515. The Morgan fingerprint density at radius 2 is 1.88 bits per heavy atom. The van der Waals surface area contributed by atoms with E-state index < -0.39 is 20.9 Å². The van der Waals surface area contributed by atoms with Gasteiger partial charge in [0, 0.05) is 44.9 Å². The normalized spacial score (nSPS) is 14.2. The quantitative estimate of drug-likeness (QED) is 0.317. The summed E-state index contributed by atoms with van der Waals surface area (Å²) in [5, 5.41) is 11.1. The van der Waals surface area contributed by atoms with E-state index in [2.05, 4.69) is 0 Å². The van der Waals surface area contributed by atoms with E-state index in [9.17, 15) is 23.3 Å². The zero-order valence-electron chi connectivity index (χ0n) is 18.5. The summed E-state index contributed by atoms with van der Waals surface area (Å²) in [7, 11) is 0.417. The molecule has 0 atom stereocenters. The molecular formula is C21H25N3O8S. The number of esters is 1. The minimum atomic E-state index is -3.79. The molecule has 11 nitrogen and oxygen atoms in total. The Kier molecular flexibility index (Phi) is 7.51. The van der Waals surface area contributed by atoms with E-state index in [1.54, 1.807) is 6.07 Å². The van der Waals surface area contributed by atoms with Crippen LogP contribution in [0.5, 0.6) is 5.75 Å². The number of sulfonamides is 1. The van der Waals surface area contributed by atoms with Gasteiger partial charge in [-0.2, -0.15) is 0 Å². The van der Waals surface area contributed by atoms with Crippen LogP contribution in [0.4, 0.5) is 11.4 Å². The van der Waals surface area contributed by atoms with Crippen molar-refractivity contribution in [2.24, 2.45) is 0 Å². The molecule has 0 aliphatic carbocycles. The molecule has 0 aromatic heterocycles. The predicted molar refractivity (Wildman–Crippen MR) is 119 cm³/mol. The number of nitro benzene ring substituents is 1. The van der Waals surface area contributed by atoms with Crippen LogP contribution in [0.1, 0.15) is 15.9 Å². The third-order valence-electron chi connectivity index (χ3n) is 5.15. The van der Waals surface area contributed by atoms with Gasteiger partial charge in [-0.1, -0.05) is 0 Å². The lowest BCUT2D eigenvalue weighted by molar-refractivity contribution is -0.385. The van der Waals surface area contributed by atoms with Crippen LogP contribution in [0.3, 0.4) is 0 Å². The predicted octanol–water partition coefficient (Wildman–Crippen LogP) is 2.05. The lowest BCUT2D eigenvalue weighted by Crippen LogP contribution is -2.37. The number of carbonyl (C=O) groups excluding carboxylic acids is 1. The summed E-state index contributed by atoms with van der Waals surface area (Å²) >= 11 is 0.